The van der Waals surface area contributed by atoms with Gasteiger partial charge in [-0.25, -0.2) is 4.68 Å². The molecular weight excluding hydrogens is 432 g/mol. The highest BCUT2D eigenvalue weighted by molar-refractivity contribution is 7.99. The number of thioether (sulfide) groups is 1. The van der Waals surface area contributed by atoms with Gasteiger partial charge in [0.15, 0.2) is 5.82 Å². The Morgan fingerprint density at radius 3 is 2.44 bits per heavy atom. The quantitative estimate of drug-likeness (QED) is 0.225. The lowest BCUT2D eigenvalue weighted by Crippen LogP contribution is -2.28. The van der Waals surface area contributed by atoms with Gasteiger partial charge in [0.2, 0.25) is 11.1 Å². The molecule has 0 saturated carbocycles. The predicted octanol–water partition coefficient (Wildman–Crippen LogP) is 3.36. The number of nitro groups is 1. The highest BCUT2D eigenvalue weighted by Crippen LogP contribution is 2.22. The minimum atomic E-state index is -0.489. The molecule has 2 N–H and O–H groups in total. The van der Waals surface area contributed by atoms with E-state index in [0.29, 0.717) is 28.3 Å². The van der Waals surface area contributed by atoms with Crippen molar-refractivity contribution in [2.45, 2.75) is 31.5 Å². The second kappa shape index (κ2) is 10.1. The van der Waals surface area contributed by atoms with Crippen molar-refractivity contribution in [2.75, 3.05) is 23.5 Å². The molecular formula is C21H24N6O4S. The van der Waals surface area contributed by atoms with Crippen molar-refractivity contribution < 1.29 is 14.5 Å². The number of non-ortho nitro benzene ring substituents is 1. The molecule has 168 valence electrons. The van der Waals surface area contributed by atoms with Crippen LogP contribution in [0.5, 0.6) is 5.75 Å². The minimum absolute atomic E-state index is 0.0363. The van der Waals surface area contributed by atoms with Crippen LogP contribution in [0, 0.1) is 10.1 Å². The third kappa shape index (κ3) is 5.55. The number of nitrogens with two attached hydrogens (primary N) is 1. The van der Waals surface area contributed by atoms with Gasteiger partial charge in [-0.3, -0.25) is 14.9 Å². The first-order valence-electron chi connectivity index (χ1n) is 9.82. The first-order chi connectivity index (χ1) is 15.3. The molecule has 3 aromatic rings. The molecule has 1 aromatic heterocycles. The number of aromatic nitrogens is 3. The lowest BCUT2D eigenvalue weighted by molar-refractivity contribution is -0.384. The van der Waals surface area contributed by atoms with Gasteiger partial charge in [-0.05, 0) is 35.7 Å². The zero-order valence-corrected chi connectivity index (χ0v) is 18.8. The molecule has 0 unspecified atom stereocenters. The number of hydrogen-bond donors (Lipinski definition) is 1. The topological polar surface area (TPSA) is 129 Å². The fourth-order valence-corrected chi connectivity index (χ4v) is 3.56. The molecule has 11 heteroatoms. The van der Waals surface area contributed by atoms with Gasteiger partial charge in [-0.1, -0.05) is 37.7 Å². The van der Waals surface area contributed by atoms with E-state index >= 15 is 0 Å². The Labute approximate surface area is 189 Å². The average Bonchev–Trinajstić information content (AvgIpc) is 3.15. The molecule has 0 bridgehead atoms. The van der Waals surface area contributed by atoms with Crippen LogP contribution in [0.15, 0.2) is 53.7 Å². The molecule has 0 aliphatic rings. The van der Waals surface area contributed by atoms with E-state index in [4.69, 9.17) is 10.6 Å². The predicted molar refractivity (Wildman–Crippen MR) is 122 cm³/mol. The first kappa shape index (κ1) is 23.1. The number of amides is 1. The molecule has 0 atom stereocenters. The monoisotopic (exact) mass is 456 g/mol. The van der Waals surface area contributed by atoms with Crippen molar-refractivity contribution >= 4 is 29.0 Å². The van der Waals surface area contributed by atoms with Crippen LogP contribution in [0.3, 0.4) is 0 Å². The molecule has 0 spiro atoms. The van der Waals surface area contributed by atoms with Crippen molar-refractivity contribution in [3.05, 3.63) is 70.0 Å². The highest BCUT2D eigenvalue weighted by atomic mass is 32.2. The maximum atomic E-state index is 12.5. The number of carbonyl (C=O) groups is 1. The molecule has 1 amide bonds. The van der Waals surface area contributed by atoms with Gasteiger partial charge < -0.3 is 15.5 Å². The summed E-state index contributed by atoms with van der Waals surface area (Å²) in [4.78, 5) is 24.2. The van der Waals surface area contributed by atoms with Crippen LogP contribution in [-0.4, -0.2) is 38.5 Å². The van der Waals surface area contributed by atoms with E-state index in [9.17, 15) is 14.9 Å². The number of rotatable bonds is 9. The summed E-state index contributed by atoms with van der Waals surface area (Å²) in [5, 5.41) is 19.2. The van der Waals surface area contributed by atoms with Gasteiger partial charge in [0.05, 0.1) is 10.7 Å². The lowest BCUT2D eigenvalue weighted by Gasteiger charge is -2.16. The Balaban J connectivity index is 1.54. The summed E-state index contributed by atoms with van der Waals surface area (Å²) >= 11 is 1.14. The summed E-state index contributed by atoms with van der Waals surface area (Å²) in [5.74, 6) is 7.48. The smallest absolute Gasteiger partial charge is 0.269 e. The largest absolute Gasteiger partial charge is 0.486 e. The summed E-state index contributed by atoms with van der Waals surface area (Å²) in [6, 6.07) is 13.6. The van der Waals surface area contributed by atoms with E-state index in [1.54, 1.807) is 7.05 Å². The Morgan fingerprint density at radius 2 is 1.84 bits per heavy atom. The van der Waals surface area contributed by atoms with Crippen LogP contribution in [-0.2, 0) is 11.4 Å². The van der Waals surface area contributed by atoms with Gasteiger partial charge in [0, 0.05) is 24.9 Å². The molecule has 0 saturated heterocycles. The van der Waals surface area contributed by atoms with Gasteiger partial charge in [-0.2, -0.15) is 0 Å². The van der Waals surface area contributed by atoms with Crippen LogP contribution in [0.1, 0.15) is 31.2 Å². The Kier molecular flexibility index (Phi) is 7.31. The van der Waals surface area contributed by atoms with E-state index in [0.717, 1.165) is 11.8 Å². The fraction of sp³-hybridized carbons (Fsp3) is 0.286. The molecule has 1 heterocycles. The van der Waals surface area contributed by atoms with Crippen molar-refractivity contribution in [3.8, 4) is 5.75 Å². The standard InChI is InChI=1S/C21H24N6O4S/c1-14(2)15-4-10-18(11-5-15)31-12-19-23-24-21(26(19)22)32-13-20(28)25(3)16-6-8-17(9-7-16)27(29)30/h4-11,14H,12-13,22H2,1-3H3. The molecule has 10 nitrogen and oxygen atoms in total. The van der Waals surface area contributed by atoms with Gasteiger partial charge in [0.25, 0.3) is 5.69 Å². The van der Waals surface area contributed by atoms with Crippen molar-refractivity contribution in [1.82, 2.24) is 14.9 Å². The number of hydrogen-bond acceptors (Lipinski definition) is 8. The number of nitro benzene ring substituents is 1. The second-order valence-corrected chi connectivity index (χ2v) is 8.24. The lowest BCUT2D eigenvalue weighted by atomic mass is 10.0. The Hall–Kier alpha value is -3.60. The van der Waals surface area contributed by atoms with Crippen LogP contribution < -0.4 is 15.5 Å². The van der Waals surface area contributed by atoms with E-state index in [1.165, 1.54) is 39.4 Å². The normalized spacial score (nSPS) is 10.9. The van der Waals surface area contributed by atoms with E-state index in [2.05, 4.69) is 24.0 Å². The fourth-order valence-electron chi connectivity index (χ4n) is 2.77. The van der Waals surface area contributed by atoms with Crippen molar-refractivity contribution in [2.24, 2.45) is 0 Å². The minimum Gasteiger partial charge on any atom is -0.486 e. The molecule has 0 fully saturated rings. The number of ether oxygens (including phenoxy) is 1. The van der Waals surface area contributed by atoms with E-state index in [1.807, 2.05) is 24.3 Å². The highest BCUT2D eigenvalue weighted by Gasteiger charge is 2.17. The Bertz CT molecular complexity index is 1080. The number of anilines is 1. The van der Waals surface area contributed by atoms with Crippen molar-refractivity contribution in [3.63, 3.8) is 0 Å². The molecule has 2 aromatic carbocycles. The van der Waals surface area contributed by atoms with Crippen LogP contribution >= 0.6 is 11.8 Å². The molecule has 0 radical (unpaired) electrons. The number of nitrogens with zero attached hydrogens (tertiary/aromatic N) is 5. The zero-order chi connectivity index (χ0) is 23.3. The second-order valence-electron chi connectivity index (χ2n) is 7.30. The molecule has 0 aliphatic carbocycles. The van der Waals surface area contributed by atoms with E-state index in [-0.39, 0.29) is 24.0 Å². The first-order valence-corrected chi connectivity index (χ1v) is 10.8. The Morgan fingerprint density at radius 1 is 1.19 bits per heavy atom. The zero-order valence-electron chi connectivity index (χ0n) is 18.0. The average molecular weight is 457 g/mol. The van der Waals surface area contributed by atoms with Crippen molar-refractivity contribution in [1.29, 1.82) is 0 Å². The third-order valence-corrected chi connectivity index (χ3v) is 5.72. The van der Waals surface area contributed by atoms with Crippen LogP contribution in [0.4, 0.5) is 11.4 Å². The number of nitrogen functional groups attached to an aromatic ring is 1. The van der Waals surface area contributed by atoms with E-state index < -0.39 is 4.92 Å². The maximum Gasteiger partial charge on any atom is 0.269 e. The van der Waals surface area contributed by atoms with Gasteiger partial charge in [0.1, 0.15) is 12.4 Å². The summed E-state index contributed by atoms with van der Waals surface area (Å²) < 4.78 is 7.03. The summed E-state index contributed by atoms with van der Waals surface area (Å²) in [6.45, 7) is 4.39. The molecule has 0 aliphatic heterocycles. The van der Waals surface area contributed by atoms with Crippen LogP contribution in [0.25, 0.3) is 0 Å². The number of carbonyl (C=O) groups excluding carboxylic acids is 1. The SMILES string of the molecule is CC(C)c1ccc(OCc2nnc(SCC(=O)N(C)c3ccc([N+](=O)[O-])cc3)n2N)cc1. The van der Waals surface area contributed by atoms with Gasteiger partial charge >= 0.3 is 0 Å². The molecule has 32 heavy (non-hydrogen) atoms. The third-order valence-electron chi connectivity index (χ3n) is 4.80. The number of benzene rings is 2. The summed E-state index contributed by atoms with van der Waals surface area (Å²) in [6.07, 6.45) is 0. The van der Waals surface area contributed by atoms with Crippen LogP contribution in [0.2, 0.25) is 0 Å². The van der Waals surface area contributed by atoms with Gasteiger partial charge in [-0.15, -0.1) is 10.2 Å². The maximum absolute atomic E-state index is 12.5. The molecule has 3 rings (SSSR count). The summed E-state index contributed by atoms with van der Waals surface area (Å²) in [5.41, 5.74) is 1.74. The summed E-state index contributed by atoms with van der Waals surface area (Å²) in [7, 11) is 1.60.